The van der Waals surface area contributed by atoms with Gasteiger partial charge in [-0.05, 0) is 18.2 Å². The molecule has 0 bridgehead atoms. The molecule has 2 heterocycles. The highest BCUT2D eigenvalue weighted by atomic mass is 16.6. The number of aromatic nitrogens is 2. The number of methoxy groups -OCH3 is 1. The first kappa shape index (κ1) is 19.8. The third-order valence-corrected chi connectivity index (χ3v) is 5.53. The molecule has 156 valence electrons. The molecule has 0 spiro atoms. The van der Waals surface area contributed by atoms with Crippen molar-refractivity contribution in [3.63, 3.8) is 0 Å². The first-order valence-electron chi connectivity index (χ1n) is 9.72. The van der Waals surface area contributed by atoms with Gasteiger partial charge in [0.15, 0.2) is 0 Å². The quantitative estimate of drug-likeness (QED) is 0.475. The number of fused-ring (bicyclic) bond motifs is 1. The molecule has 1 amide bonds. The number of nitrogens with zero attached hydrogens (tertiary/aromatic N) is 5. The van der Waals surface area contributed by atoms with Crippen LogP contribution >= 0.6 is 0 Å². The number of benzene rings is 2. The molecule has 1 saturated heterocycles. The van der Waals surface area contributed by atoms with Crippen LogP contribution in [0.2, 0.25) is 0 Å². The lowest BCUT2D eigenvalue weighted by atomic mass is 10.1. The van der Waals surface area contributed by atoms with E-state index >= 15 is 0 Å². The minimum atomic E-state index is -0.411. The molecule has 1 aliphatic heterocycles. The maximum atomic E-state index is 12.9. The van der Waals surface area contributed by atoms with Gasteiger partial charge < -0.3 is 14.2 Å². The van der Waals surface area contributed by atoms with Gasteiger partial charge >= 0.3 is 0 Å². The fourth-order valence-corrected chi connectivity index (χ4v) is 3.79. The lowest BCUT2D eigenvalue weighted by Gasteiger charge is -2.34. The number of hydrogen-bond donors (Lipinski definition) is 0. The van der Waals surface area contributed by atoms with Crippen LogP contribution in [0, 0.1) is 10.1 Å². The Morgan fingerprint density at radius 3 is 2.60 bits per heavy atom. The zero-order valence-electron chi connectivity index (χ0n) is 16.9. The maximum Gasteiger partial charge on any atom is 0.271 e. The van der Waals surface area contributed by atoms with Crippen LogP contribution in [0.4, 0.5) is 5.69 Å². The fourth-order valence-electron chi connectivity index (χ4n) is 3.79. The standard InChI is InChI=1S/C21H23N5O4/c1-23-18-8-7-15(26(28)29)13-17(18)22-20(23)14-24-9-11-25(12-10-24)21(27)16-5-3-4-6-19(16)30-2/h3-8,13H,9-12,14H2,1-2H3. The van der Waals surface area contributed by atoms with Gasteiger partial charge in [-0.1, -0.05) is 12.1 Å². The Balaban J connectivity index is 1.43. The molecule has 9 nitrogen and oxygen atoms in total. The Bertz CT molecular complexity index is 1100. The summed E-state index contributed by atoms with van der Waals surface area (Å²) in [6, 6.07) is 12.0. The molecule has 1 aromatic heterocycles. The molecule has 2 aromatic carbocycles. The second-order valence-corrected chi connectivity index (χ2v) is 7.29. The molecular weight excluding hydrogens is 386 g/mol. The largest absolute Gasteiger partial charge is 0.496 e. The van der Waals surface area contributed by atoms with Crippen molar-refractivity contribution in [2.45, 2.75) is 6.54 Å². The summed E-state index contributed by atoms with van der Waals surface area (Å²) in [4.78, 5) is 32.1. The molecule has 1 fully saturated rings. The average Bonchev–Trinajstić information content (AvgIpc) is 3.08. The highest BCUT2D eigenvalue weighted by Gasteiger charge is 2.25. The van der Waals surface area contributed by atoms with Gasteiger partial charge in [0, 0.05) is 45.4 Å². The molecule has 9 heteroatoms. The fraction of sp³-hybridized carbons (Fsp3) is 0.333. The number of non-ortho nitro benzene ring substituents is 1. The van der Waals surface area contributed by atoms with E-state index in [1.54, 1.807) is 25.3 Å². The Hall–Kier alpha value is -3.46. The topological polar surface area (TPSA) is 93.7 Å². The maximum absolute atomic E-state index is 12.9. The van der Waals surface area contributed by atoms with Crippen molar-refractivity contribution in [1.29, 1.82) is 0 Å². The second kappa shape index (κ2) is 8.11. The van der Waals surface area contributed by atoms with E-state index in [1.165, 1.54) is 12.1 Å². The van der Waals surface area contributed by atoms with E-state index < -0.39 is 4.92 Å². The number of hydrogen-bond acceptors (Lipinski definition) is 6. The normalized spacial score (nSPS) is 14.8. The van der Waals surface area contributed by atoms with Crippen LogP contribution < -0.4 is 4.74 Å². The first-order valence-corrected chi connectivity index (χ1v) is 9.72. The van der Waals surface area contributed by atoms with Crippen molar-refractivity contribution in [3.8, 4) is 5.75 Å². The molecule has 4 rings (SSSR count). The van der Waals surface area contributed by atoms with Gasteiger partial charge in [-0.25, -0.2) is 4.98 Å². The molecule has 0 N–H and O–H groups in total. The number of imidazole rings is 1. The van der Waals surface area contributed by atoms with E-state index in [2.05, 4.69) is 9.88 Å². The van der Waals surface area contributed by atoms with Gasteiger partial charge in [-0.2, -0.15) is 0 Å². The van der Waals surface area contributed by atoms with E-state index in [9.17, 15) is 14.9 Å². The summed E-state index contributed by atoms with van der Waals surface area (Å²) >= 11 is 0. The van der Waals surface area contributed by atoms with Crippen molar-refractivity contribution in [2.75, 3.05) is 33.3 Å². The van der Waals surface area contributed by atoms with Crippen LogP contribution in [0.1, 0.15) is 16.2 Å². The molecule has 0 unspecified atom stereocenters. The Morgan fingerprint density at radius 1 is 1.17 bits per heavy atom. The van der Waals surface area contributed by atoms with Crippen LogP contribution in [0.15, 0.2) is 42.5 Å². The zero-order chi connectivity index (χ0) is 21.3. The number of amides is 1. The van der Waals surface area contributed by atoms with Crippen LogP contribution in [-0.2, 0) is 13.6 Å². The van der Waals surface area contributed by atoms with Gasteiger partial charge in [0.1, 0.15) is 11.6 Å². The van der Waals surface area contributed by atoms with Crippen LogP contribution in [-0.4, -0.2) is 63.5 Å². The number of nitro benzene ring substituents is 1. The van der Waals surface area contributed by atoms with Crippen molar-refractivity contribution < 1.29 is 14.5 Å². The molecule has 0 saturated carbocycles. The van der Waals surface area contributed by atoms with Gasteiger partial charge in [0.2, 0.25) is 0 Å². The smallest absolute Gasteiger partial charge is 0.271 e. The van der Waals surface area contributed by atoms with Crippen LogP contribution in [0.25, 0.3) is 11.0 Å². The van der Waals surface area contributed by atoms with Crippen LogP contribution in [0.3, 0.4) is 0 Å². The second-order valence-electron chi connectivity index (χ2n) is 7.29. The number of aryl methyl sites for hydroxylation is 1. The highest BCUT2D eigenvalue weighted by Crippen LogP contribution is 2.23. The van der Waals surface area contributed by atoms with Gasteiger partial charge in [0.25, 0.3) is 11.6 Å². The van der Waals surface area contributed by atoms with Crippen LogP contribution in [0.5, 0.6) is 5.75 Å². The third-order valence-electron chi connectivity index (χ3n) is 5.53. The van der Waals surface area contributed by atoms with Gasteiger partial charge in [-0.15, -0.1) is 0 Å². The Kier molecular flexibility index (Phi) is 5.37. The van der Waals surface area contributed by atoms with E-state index in [-0.39, 0.29) is 11.6 Å². The first-order chi connectivity index (χ1) is 14.5. The lowest BCUT2D eigenvalue weighted by Crippen LogP contribution is -2.48. The minimum absolute atomic E-state index is 0.0258. The van der Waals surface area contributed by atoms with E-state index in [0.717, 1.165) is 24.4 Å². The minimum Gasteiger partial charge on any atom is -0.496 e. The summed E-state index contributed by atoms with van der Waals surface area (Å²) in [5.74, 6) is 1.40. The summed E-state index contributed by atoms with van der Waals surface area (Å²) in [5.41, 5.74) is 2.09. The predicted octanol–water partition coefficient (Wildman–Crippen LogP) is 2.45. The van der Waals surface area contributed by atoms with E-state index in [0.29, 0.717) is 36.5 Å². The number of nitro groups is 1. The van der Waals surface area contributed by atoms with E-state index in [1.807, 2.05) is 28.6 Å². The van der Waals surface area contributed by atoms with Crippen molar-refractivity contribution in [1.82, 2.24) is 19.4 Å². The molecule has 0 aliphatic carbocycles. The van der Waals surface area contributed by atoms with E-state index in [4.69, 9.17) is 4.74 Å². The number of piperazine rings is 1. The average molecular weight is 409 g/mol. The summed E-state index contributed by atoms with van der Waals surface area (Å²) < 4.78 is 7.28. The number of rotatable bonds is 5. The zero-order valence-corrected chi connectivity index (χ0v) is 16.9. The van der Waals surface area contributed by atoms with Gasteiger partial charge in [0.05, 0.1) is 35.2 Å². The Morgan fingerprint density at radius 2 is 1.90 bits per heavy atom. The summed E-state index contributed by atoms with van der Waals surface area (Å²) in [6.45, 7) is 3.31. The van der Waals surface area contributed by atoms with Gasteiger partial charge in [-0.3, -0.25) is 19.8 Å². The molecule has 0 radical (unpaired) electrons. The van der Waals surface area contributed by atoms with Crippen molar-refractivity contribution >= 4 is 22.6 Å². The molecular formula is C21H23N5O4. The monoisotopic (exact) mass is 409 g/mol. The molecule has 0 atom stereocenters. The predicted molar refractivity (Wildman–Crippen MR) is 112 cm³/mol. The highest BCUT2D eigenvalue weighted by molar-refractivity contribution is 5.97. The SMILES string of the molecule is COc1ccccc1C(=O)N1CCN(Cc2nc3cc([N+](=O)[O-])ccc3n2C)CC1. The summed E-state index contributed by atoms with van der Waals surface area (Å²) in [6.07, 6.45) is 0. The number of ether oxygens (including phenoxy) is 1. The number of carbonyl (C=O) groups is 1. The third kappa shape index (κ3) is 3.71. The molecule has 1 aliphatic rings. The molecule has 30 heavy (non-hydrogen) atoms. The number of para-hydroxylation sites is 1. The van der Waals surface area contributed by atoms with Crippen molar-refractivity contribution in [2.24, 2.45) is 7.05 Å². The lowest BCUT2D eigenvalue weighted by molar-refractivity contribution is -0.384. The number of carbonyl (C=O) groups excluding carboxylic acids is 1. The Labute approximate surface area is 173 Å². The summed E-state index contributed by atoms with van der Waals surface area (Å²) in [5, 5.41) is 11.0. The van der Waals surface area contributed by atoms with Crippen molar-refractivity contribution in [3.05, 3.63) is 64.0 Å². The molecule has 3 aromatic rings. The summed E-state index contributed by atoms with van der Waals surface area (Å²) in [7, 11) is 3.48.